The Morgan fingerprint density at radius 3 is 2.78 bits per heavy atom. The standard InChI is InChI=1S/C18H27N3O2/c1-3-4-7-17(22)21-16-9-8-15(11-13(16)2)20-18(23)14-6-5-10-19-12-14/h8-9,11,14,19H,3-7,10,12H2,1-2H3,(H,20,23)(H,21,22). The normalized spacial score (nSPS) is 17.6. The monoisotopic (exact) mass is 317 g/mol. The van der Waals surface area contributed by atoms with Crippen LogP contribution in [0.2, 0.25) is 0 Å². The number of nitrogens with one attached hydrogen (secondary N) is 3. The first-order chi connectivity index (χ1) is 11.1. The van der Waals surface area contributed by atoms with Crippen molar-refractivity contribution in [2.24, 2.45) is 5.92 Å². The van der Waals surface area contributed by atoms with E-state index in [1.54, 1.807) is 0 Å². The van der Waals surface area contributed by atoms with E-state index in [4.69, 9.17) is 0 Å². The van der Waals surface area contributed by atoms with Gasteiger partial charge in [0.15, 0.2) is 0 Å². The molecule has 0 spiro atoms. The van der Waals surface area contributed by atoms with Gasteiger partial charge in [-0.1, -0.05) is 13.3 Å². The lowest BCUT2D eigenvalue weighted by Gasteiger charge is -2.22. The summed E-state index contributed by atoms with van der Waals surface area (Å²) in [5, 5.41) is 9.15. The first-order valence-corrected chi connectivity index (χ1v) is 8.52. The number of anilines is 2. The third-order valence-electron chi connectivity index (χ3n) is 4.19. The fourth-order valence-corrected chi connectivity index (χ4v) is 2.75. The van der Waals surface area contributed by atoms with Crippen LogP contribution in [0.5, 0.6) is 0 Å². The molecule has 0 aliphatic carbocycles. The minimum atomic E-state index is 0.0393. The molecule has 0 saturated carbocycles. The molecule has 1 aliphatic rings. The Morgan fingerprint density at radius 2 is 2.13 bits per heavy atom. The van der Waals surface area contributed by atoms with Gasteiger partial charge in [0.1, 0.15) is 0 Å². The van der Waals surface area contributed by atoms with E-state index in [1.807, 2.05) is 25.1 Å². The van der Waals surface area contributed by atoms with Gasteiger partial charge in [0.2, 0.25) is 11.8 Å². The maximum atomic E-state index is 12.2. The summed E-state index contributed by atoms with van der Waals surface area (Å²) >= 11 is 0. The second-order valence-corrected chi connectivity index (χ2v) is 6.21. The van der Waals surface area contributed by atoms with Crippen LogP contribution in [0.3, 0.4) is 0 Å². The Kier molecular flexibility index (Phi) is 6.59. The fourth-order valence-electron chi connectivity index (χ4n) is 2.75. The Morgan fingerprint density at radius 1 is 1.30 bits per heavy atom. The second kappa shape index (κ2) is 8.67. The molecule has 1 unspecified atom stereocenters. The topological polar surface area (TPSA) is 70.2 Å². The lowest BCUT2D eigenvalue weighted by molar-refractivity contribution is -0.120. The summed E-state index contributed by atoms with van der Waals surface area (Å²) in [6.45, 7) is 5.75. The van der Waals surface area contributed by atoms with Crippen molar-refractivity contribution < 1.29 is 9.59 Å². The first kappa shape index (κ1) is 17.5. The largest absolute Gasteiger partial charge is 0.326 e. The van der Waals surface area contributed by atoms with Crippen molar-refractivity contribution in [3.63, 3.8) is 0 Å². The number of carbonyl (C=O) groups excluding carboxylic acids is 2. The van der Waals surface area contributed by atoms with Gasteiger partial charge >= 0.3 is 0 Å². The zero-order valence-electron chi connectivity index (χ0n) is 14.1. The molecule has 23 heavy (non-hydrogen) atoms. The van der Waals surface area contributed by atoms with E-state index in [2.05, 4.69) is 22.9 Å². The molecule has 1 atom stereocenters. The third kappa shape index (κ3) is 5.36. The molecule has 1 aliphatic heterocycles. The van der Waals surface area contributed by atoms with E-state index in [1.165, 1.54) is 0 Å². The van der Waals surface area contributed by atoms with E-state index in [-0.39, 0.29) is 17.7 Å². The SMILES string of the molecule is CCCCC(=O)Nc1ccc(NC(=O)C2CCCNC2)cc1C. The molecule has 126 valence electrons. The van der Waals surface area contributed by atoms with Gasteiger partial charge in [-0.15, -0.1) is 0 Å². The summed E-state index contributed by atoms with van der Waals surface area (Å²) in [6.07, 6.45) is 4.42. The van der Waals surface area contributed by atoms with E-state index in [9.17, 15) is 9.59 Å². The summed E-state index contributed by atoms with van der Waals surface area (Å²) in [5.74, 6) is 0.147. The van der Waals surface area contributed by atoms with Gasteiger partial charge in [-0.05, 0) is 56.5 Å². The number of rotatable bonds is 6. The highest BCUT2D eigenvalue weighted by Crippen LogP contribution is 2.21. The zero-order chi connectivity index (χ0) is 16.7. The third-order valence-corrected chi connectivity index (χ3v) is 4.19. The minimum Gasteiger partial charge on any atom is -0.326 e. The maximum absolute atomic E-state index is 12.2. The van der Waals surface area contributed by atoms with Crippen LogP contribution in [0.1, 0.15) is 44.6 Å². The Labute approximate surface area is 138 Å². The first-order valence-electron chi connectivity index (χ1n) is 8.52. The van der Waals surface area contributed by atoms with Crippen LogP contribution in [0.25, 0.3) is 0 Å². The van der Waals surface area contributed by atoms with Crippen molar-refractivity contribution in [3.8, 4) is 0 Å². The molecule has 3 N–H and O–H groups in total. The number of carbonyl (C=O) groups is 2. The predicted molar refractivity (Wildman–Crippen MR) is 93.6 cm³/mol. The van der Waals surface area contributed by atoms with Crippen LogP contribution in [-0.4, -0.2) is 24.9 Å². The Hall–Kier alpha value is -1.88. The summed E-state index contributed by atoms with van der Waals surface area (Å²) < 4.78 is 0. The average Bonchev–Trinajstić information content (AvgIpc) is 2.56. The van der Waals surface area contributed by atoms with Crippen LogP contribution in [-0.2, 0) is 9.59 Å². The van der Waals surface area contributed by atoms with Crippen molar-refractivity contribution in [3.05, 3.63) is 23.8 Å². The van der Waals surface area contributed by atoms with Gasteiger partial charge in [0.25, 0.3) is 0 Å². The van der Waals surface area contributed by atoms with Crippen molar-refractivity contribution in [1.29, 1.82) is 0 Å². The highest BCUT2D eigenvalue weighted by atomic mass is 16.2. The molecular formula is C18H27N3O2. The molecule has 5 nitrogen and oxygen atoms in total. The molecule has 0 aromatic heterocycles. The molecule has 2 rings (SSSR count). The lowest BCUT2D eigenvalue weighted by Crippen LogP contribution is -2.37. The highest BCUT2D eigenvalue weighted by molar-refractivity contribution is 5.94. The Bertz CT molecular complexity index is 551. The highest BCUT2D eigenvalue weighted by Gasteiger charge is 2.20. The molecule has 1 aromatic carbocycles. The van der Waals surface area contributed by atoms with Crippen molar-refractivity contribution in [2.75, 3.05) is 23.7 Å². The van der Waals surface area contributed by atoms with Crippen LogP contribution in [0, 0.1) is 12.8 Å². The molecule has 0 bridgehead atoms. The van der Waals surface area contributed by atoms with Crippen LogP contribution < -0.4 is 16.0 Å². The van der Waals surface area contributed by atoms with Gasteiger partial charge in [0.05, 0.1) is 5.92 Å². The number of piperidine rings is 1. The van der Waals surface area contributed by atoms with Gasteiger partial charge in [-0.25, -0.2) is 0 Å². The van der Waals surface area contributed by atoms with Gasteiger partial charge in [-0.2, -0.15) is 0 Å². The van der Waals surface area contributed by atoms with Crippen LogP contribution in [0.4, 0.5) is 11.4 Å². The number of hydrogen-bond donors (Lipinski definition) is 3. The molecule has 1 fully saturated rings. The number of benzene rings is 1. The molecule has 1 saturated heterocycles. The molecule has 2 amide bonds. The van der Waals surface area contributed by atoms with Crippen LogP contribution in [0.15, 0.2) is 18.2 Å². The quantitative estimate of drug-likeness (QED) is 0.755. The zero-order valence-corrected chi connectivity index (χ0v) is 14.1. The molecule has 1 heterocycles. The van der Waals surface area contributed by atoms with E-state index in [0.29, 0.717) is 6.42 Å². The van der Waals surface area contributed by atoms with E-state index < -0.39 is 0 Å². The Balaban J connectivity index is 1.93. The number of unbranched alkanes of at least 4 members (excludes halogenated alkanes) is 1. The second-order valence-electron chi connectivity index (χ2n) is 6.21. The smallest absolute Gasteiger partial charge is 0.228 e. The maximum Gasteiger partial charge on any atom is 0.228 e. The average molecular weight is 317 g/mol. The molecule has 0 radical (unpaired) electrons. The van der Waals surface area contributed by atoms with Crippen molar-refractivity contribution in [2.45, 2.75) is 46.0 Å². The molecule has 5 heteroatoms. The van der Waals surface area contributed by atoms with E-state index >= 15 is 0 Å². The van der Waals surface area contributed by atoms with Crippen molar-refractivity contribution >= 4 is 23.2 Å². The number of amides is 2. The number of hydrogen-bond acceptors (Lipinski definition) is 3. The van der Waals surface area contributed by atoms with Gasteiger partial charge < -0.3 is 16.0 Å². The van der Waals surface area contributed by atoms with Gasteiger partial charge in [0, 0.05) is 24.3 Å². The minimum absolute atomic E-state index is 0.0393. The van der Waals surface area contributed by atoms with Gasteiger partial charge in [-0.3, -0.25) is 9.59 Å². The summed E-state index contributed by atoms with van der Waals surface area (Å²) in [4.78, 5) is 24.0. The summed E-state index contributed by atoms with van der Waals surface area (Å²) in [6, 6.07) is 5.61. The summed E-state index contributed by atoms with van der Waals surface area (Å²) in [7, 11) is 0. The van der Waals surface area contributed by atoms with Crippen LogP contribution >= 0.6 is 0 Å². The molecule has 1 aromatic rings. The molecular weight excluding hydrogens is 290 g/mol. The van der Waals surface area contributed by atoms with Crippen molar-refractivity contribution in [1.82, 2.24) is 5.32 Å². The van der Waals surface area contributed by atoms with E-state index in [0.717, 1.165) is 55.7 Å². The lowest BCUT2D eigenvalue weighted by atomic mass is 9.98. The fraction of sp³-hybridized carbons (Fsp3) is 0.556. The number of aryl methyl sites for hydroxylation is 1. The summed E-state index contributed by atoms with van der Waals surface area (Å²) in [5.41, 5.74) is 2.54. The predicted octanol–water partition coefficient (Wildman–Crippen LogP) is 3.06.